The molecule has 1 heterocycles. The van der Waals surface area contributed by atoms with Crippen molar-refractivity contribution in [1.29, 1.82) is 0 Å². The minimum atomic E-state index is -3.52. The number of benzene rings is 1. The second-order valence-electron chi connectivity index (χ2n) is 9.10. The summed E-state index contributed by atoms with van der Waals surface area (Å²) in [6.07, 6.45) is 10.5. The lowest BCUT2D eigenvalue weighted by Crippen LogP contribution is -2.51. The maximum absolute atomic E-state index is 13.0. The smallest absolute Gasteiger partial charge is 0.253 e. The molecule has 0 unspecified atom stereocenters. The number of carbonyl (C=O) groups is 1. The number of piperazine rings is 1. The van der Waals surface area contributed by atoms with Gasteiger partial charge in [0.05, 0.1) is 4.90 Å². The highest BCUT2D eigenvalue weighted by Crippen LogP contribution is 2.27. The van der Waals surface area contributed by atoms with Gasteiger partial charge in [-0.2, -0.15) is 4.31 Å². The van der Waals surface area contributed by atoms with Gasteiger partial charge in [0.2, 0.25) is 10.0 Å². The SMILES string of the molecule is CN(C1CCCCC1)S(=O)(=O)c1ccc(C(=O)N2CCN(C3CCCC3)CC2)cc1. The van der Waals surface area contributed by atoms with Crippen LogP contribution in [0, 0.1) is 0 Å². The van der Waals surface area contributed by atoms with Crippen LogP contribution in [0.5, 0.6) is 0 Å². The first-order valence-corrected chi connectivity index (χ1v) is 13.0. The first-order chi connectivity index (χ1) is 14.5. The number of sulfonamides is 1. The average Bonchev–Trinajstić information content (AvgIpc) is 3.34. The Kier molecular flexibility index (Phi) is 6.80. The van der Waals surface area contributed by atoms with E-state index in [4.69, 9.17) is 0 Å². The fourth-order valence-corrected chi connectivity index (χ4v) is 6.73. The molecule has 1 aliphatic heterocycles. The Labute approximate surface area is 181 Å². The van der Waals surface area contributed by atoms with Gasteiger partial charge in [-0.3, -0.25) is 9.69 Å². The molecule has 0 spiro atoms. The Balaban J connectivity index is 1.37. The molecule has 0 aromatic heterocycles. The second kappa shape index (κ2) is 9.37. The summed E-state index contributed by atoms with van der Waals surface area (Å²) in [6, 6.07) is 7.32. The molecule has 4 rings (SSSR count). The van der Waals surface area contributed by atoms with E-state index in [-0.39, 0.29) is 16.8 Å². The van der Waals surface area contributed by atoms with Crippen molar-refractivity contribution in [2.75, 3.05) is 33.2 Å². The van der Waals surface area contributed by atoms with Crippen molar-refractivity contribution in [3.05, 3.63) is 29.8 Å². The maximum atomic E-state index is 13.0. The van der Waals surface area contributed by atoms with Crippen LogP contribution in [0.2, 0.25) is 0 Å². The Morgan fingerprint density at radius 3 is 2.03 bits per heavy atom. The minimum Gasteiger partial charge on any atom is -0.336 e. The molecule has 2 saturated carbocycles. The third-order valence-electron chi connectivity index (χ3n) is 7.31. The molecule has 1 amide bonds. The zero-order valence-electron chi connectivity index (χ0n) is 18.1. The van der Waals surface area contributed by atoms with Gasteiger partial charge in [0.15, 0.2) is 0 Å². The van der Waals surface area contributed by atoms with Crippen LogP contribution < -0.4 is 0 Å². The van der Waals surface area contributed by atoms with Gasteiger partial charge in [-0.1, -0.05) is 32.1 Å². The Bertz CT molecular complexity index is 820. The zero-order chi connectivity index (χ0) is 21.1. The predicted octanol–water partition coefficient (Wildman–Crippen LogP) is 3.34. The van der Waals surface area contributed by atoms with Crippen LogP contribution in [0.15, 0.2) is 29.2 Å². The number of rotatable bonds is 5. The van der Waals surface area contributed by atoms with Crippen LogP contribution >= 0.6 is 0 Å². The summed E-state index contributed by atoms with van der Waals surface area (Å²) in [5.74, 6) is 0.00524. The van der Waals surface area contributed by atoms with Crippen molar-refractivity contribution in [2.24, 2.45) is 0 Å². The molecule has 6 nitrogen and oxygen atoms in total. The average molecular weight is 434 g/mol. The highest BCUT2D eigenvalue weighted by molar-refractivity contribution is 7.89. The summed E-state index contributed by atoms with van der Waals surface area (Å²) >= 11 is 0. The normalized spacial score (nSPS) is 22.7. The lowest BCUT2D eigenvalue weighted by atomic mass is 9.96. The number of hydrogen-bond donors (Lipinski definition) is 0. The van der Waals surface area contributed by atoms with E-state index in [9.17, 15) is 13.2 Å². The fraction of sp³-hybridized carbons (Fsp3) is 0.696. The molecular formula is C23H35N3O3S. The molecule has 1 aromatic carbocycles. The van der Waals surface area contributed by atoms with E-state index in [0.29, 0.717) is 11.6 Å². The molecule has 2 aliphatic carbocycles. The van der Waals surface area contributed by atoms with Gasteiger partial charge in [-0.25, -0.2) is 8.42 Å². The van der Waals surface area contributed by atoms with E-state index >= 15 is 0 Å². The number of nitrogens with zero attached hydrogens (tertiary/aromatic N) is 3. The van der Waals surface area contributed by atoms with Gasteiger partial charge in [0.1, 0.15) is 0 Å². The van der Waals surface area contributed by atoms with Gasteiger partial charge < -0.3 is 4.90 Å². The van der Waals surface area contributed by atoms with Crippen LogP contribution in [0.1, 0.15) is 68.1 Å². The molecular weight excluding hydrogens is 398 g/mol. The van der Waals surface area contributed by atoms with Crippen molar-refractivity contribution in [3.8, 4) is 0 Å². The summed E-state index contributed by atoms with van der Waals surface area (Å²) in [4.78, 5) is 17.6. The summed E-state index contributed by atoms with van der Waals surface area (Å²) in [7, 11) is -1.83. The minimum absolute atomic E-state index is 0.00524. The van der Waals surface area contributed by atoms with E-state index in [0.717, 1.165) is 51.9 Å². The van der Waals surface area contributed by atoms with Gasteiger partial charge in [0.25, 0.3) is 5.91 Å². The van der Waals surface area contributed by atoms with Crippen LogP contribution in [0.25, 0.3) is 0 Å². The van der Waals surface area contributed by atoms with Crippen LogP contribution in [-0.2, 0) is 10.0 Å². The van der Waals surface area contributed by atoms with Crippen molar-refractivity contribution >= 4 is 15.9 Å². The molecule has 3 fully saturated rings. The summed E-state index contributed by atoms with van der Waals surface area (Å²) in [5.41, 5.74) is 0.573. The van der Waals surface area contributed by atoms with Crippen molar-refractivity contribution in [1.82, 2.24) is 14.1 Å². The molecule has 1 aromatic rings. The molecule has 0 bridgehead atoms. The van der Waals surface area contributed by atoms with E-state index in [2.05, 4.69) is 4.90 Å². The largest absolute Gasteiger partial charge is 0.336 e. The molecule has 1 saturated heterocycles. The number of carbonyl (C=O) groups excluding carboxylic acids is 1. The summed E-state index contributed by atoms with van der Waals surface area (Å²) in [5, 5.41) is 0. The number of amides is 1. The molecule has 0 N–H and O–H groups in total. The maximum Gasteiger partial charge on any atom is 0.253 e. The Morgan fingerprint density at radius 2 is 1.43 bits per heavy atom. The van der Waals surface area contributed by atoms with Gasteiger partial charge in [-0.15, -0.1) is 0 Å². The predicted molar refractivity (Wildman–Crippen MR) is 118 cm³/mol. The zero-order valence-corrected chi connectivity index (χ0v) is 18.9. The monoisotopic (exact) mass is 433 g/mol. The Hall–Kier alpha value is -1.44. The number of hydrogen-bond acceptors (Lipinski definition) is 4. The highest BCUT2D eigenvalue weighted by Gasteiger charge is 2.30. The van der Waals surface area contributed by atoms with Crippen LogP contribution in [0.3, 0.4) is 0 Å². The lowest BCUT2D eigenvalue weighted by Gasteiger charge is -2.38. The van der Waals surface area contributed by atoms with Crippen molar-refractivity contribution < 1.29 is 13.2 Å². The van der Waals surface area contributed by atoms with Gasteiger partial charge in [0, 0.05) is 50.9 Å². The van der Waals surface area contributed by atoms with E-state index in [1.165, 1.54) is 36.4 Å². The van der Waals surface area contributed by atoms with Crippen molar-refractivity contribution in [2.45, 2.75) is 74.8 Å². The van der Waals surface area contributed by atoms with Crippen LogP contribution in [-0.4, -0.2) is 73.7 Å². The first-order valence-electron chi connectivity index (χ1n) is 11.6. The Morgan fingerprint density at radius 1 is 0.867 bits per heavy atom. The summed E-state index contributed by atoms with van der Waals surface area (Å²) in [6.45, 7) is 3.38. The van der Waals surface area contributed by atoms with Gasteiger partial charge in [-0.05, 0) is 49.9 Å². The van der Waals surface area contributed by atoms with Crippen molar-refractivity contribution in [3.63, 3.8) is 0 Å². The topological polar surface area (TPSA) is 60.9 Å². The van der Waals surface area contributed by atoms with Crippen LogP contribution in [0.4, 0.5) is 0 Å². The first kappa shape index (κ1) is 21.8. The molecule has 166 valence electrons. The standard InChI is InChI=1S/C23H35N3O3S/c1-24(20-7-3-2-4-8-20)30(28,29)22-13-11-19(12-14-22)23(27)26-17-15-25(16-18-26)21-9-5-6-10-21/h11-14,20-21H,2-10,15-18H2,1H3. The molecule has 3 aliphatic rings. The quantitative estimate of drug-likeness (QED) is 0.715. The second-order valence-corrected chi connectivity index (χ2v) is 11.1. The van der Waals surface area contributed by atoms with E-state index in [1.54, 1.807) is 31.3 Å². The third kappa shape index (κ3) is 4.58. The van der Waals surface area contributed by atoms with E-state index < -0.39 is 10.0 Å². The molecule has 7 heteroatoms. The third-order valence-corrected chi connectivity index (χ3v) is 9.23. The fourth-order valence-electron chi connectivity index (χ4n) is 5.32. The van der Waals surface area contributed by atoms with E-state index in [1.807, 2.05) is 4.90 Å². The molecule has 0 atom stereocenters. The highest BCUT2D eigenvalue weighted by atomic mass is 32.2. The molecule has 0 radical (unpaired) electrons. The van der Waals surface area contributed by atoms with Gasteiger partial charge >= 0.3 is 0 Å². The molecule has 30 heavy (non-hydrogen) atoms. The lowest BCUT2D eigenvalue weighted by molar-refractivity contribution is 0.0573. The summed E-state index contributed by atoms with van der Waals surface area (Å²) < 4.78 is 27.5.